The molecule has 0 aliphatic carbocycles. The van der Waals surface area contributed by atoms with Crippen LogP contribution in [0.2, 0.25) is 0 Å². The van der Waals surface area contributed by atoms with Gasteiger partial charge in [0.05, 0.1) is 0 Å². The lowest BCUT2D eigenvalue weighted by Gasteiger charge is -2.27. The molecular formula is C6H10N2O3S. The van der Waals surface area contributed by atoms with Gasteiger partial charge in [0, 0.05) is 11.8 Å². The van der Waals surface area contributed by atoms with Gasteiger partial charge in [-0.15, -0.1) is 0 Å². The normalized spacial score (nSPS) is 28.9. The number of rotatable bonds is 2. The molecule has 0 saturated carbocycles. The minimum absolute atomic E-state index is 0.150. The summed E-state index contributed by atoms with van der Waals surface area (Å²) in [5.74, 6) is -0.548. The van der Waals surface area contributed by atoms with Crippen molar-refractivity contribution in [3.8, 4) is 0 Å². The monoisotopic (exact) mass is 190 g/mol. The lowest BCUT2D eigenvalue weighted by atomic mass is 10.1. The van der Waals surface area contributed by atoms with E-state index in [1.54, 1.807) is 0 Å². The van der Waals surface area contributed by atoms with E-state index in [0.29, 0.717) is 12.2 Å². The average molecular weight is 190 g/mol. The Morgan fingerprint density at radius 2 is 2.33 bits per heavy atom. The molecule has 12 heavy (non-hydrogen) atoms. The number of nitrogens with one attached hydrogen (secondary N) is 2. The molecule has 0 radical (unpaired) electrons. The van der Waals surface area contributed by atoms with Crippen LogP contribution in [-0.2, 0) is 4.79 Å². The van der Waals surface area contributed by atoms with Gasteiger partial charge in [-0.1, -0.05) is 0 Å². The number of hydrogen-bond donors (Lipinski definition) is 4. The lowest BCUT2D eigenvalue weighted by Crippen LogP contribution is -2.57. The number of aliphatic carboxylic acids is 1. The van der Waals surface area contributed by atoms with Crippen LogP contribution in [0.3, 0.4) is 0 Å². The van der Waals surface area contributed by atoms with E-state index in [-0.39, 0.29) is 6.04 Å². The zero-order chi connectivity index (χ0) is 9.14. The van der Waals surface area contributed by atoms with E-state index in [9.17, 15) is 9.59 Å². The maximum absolute atomic E-state index is 10.8. The predicted octanol–water partition coefficient (Wildman–Crippen LogP) is -0.559. The second-order valence-electron chi connectivity index (χ2n) is 2.62. The van der Waals surface area contributed by atoms with Crippen LogP contribution in [0.4, 0.5) is 4.79 Å². The molecular weight excluding hydrogens is 180 g/mol. The number of carboxylic acids is 1. The van der Waals surface area contributed by atoms with Gasteiger partial charge in [0.25, 0.3) is 0 Å². The SMILES string of the molecule is O=C1N[C@H](CS)C[C@H](C(=O)O)N1. The third-order valence-corrected chi connectivity index (χ3v) is 2.12. The first kappa shape index (κ1) is 9.18. The van der Waals surface area contributed by atoms with E-state index < -0.39 is 18.0 Å². The molecule has 0 spiro atoms. The van der Waals surface area contributed by atoms with Crippen molar-refractivity contribution in [3.05, 3.63) is 0 Å². The molecule has 0 aromatic heterocycles. The Balaban J connectivity index is 2.56. The van der Waals surface area contributed by atoms with Crippen LogP contribution in [0.5, 0.6) is 0 Å². The summed E-state index contributed by atoms with van der Waals surface area (Å²) in [7, 11) is 0. The highest BCUT2D eigenvalue weighted by Crippen LogP contribution is 2.05. The molecule has 2 amide bonds. The Morgan fingerprint density at radius 1 is 1.67 bits per heavy atom. The zero-order valence-corrected chi connectivity index (χ0v) is 7.17. The summed E-state index contributed by atoms with van der Waals surface area (Å²) in [6.07, 6.45) is 0.380. The van der Waals surface area contributed by atoms with Crippen LogP contribution >= 0.6 is 12.6 Å². The van der Waals surface area contributed by atoms with Crippen molar-refractivity contribution in [2.24, 2.45) is 0 Å². The standard InChI is InChI=1S/C6H10N2O3S/c9-5(10)4-1-3(2-12)7-6(11)8-4/h3-4,12H,1-2H2,(H,9,10)(H2,7,8,11)/t3-,4+/m0/s1. The summed E-state index contributed by atoms with van der Waals surface area (Å²) in [6.45, 7) is 0. The van der Waals surface area contributed by atoms with Crippen LogP contribution in [-0.4, -0.2) is 34.9 Å². The quantitative estimate of drug-likeness (QED) is 0.441. The Labute approximate surface area is 74.9 Å². The Morgan fingerprint density at radius 3 is 2.83 bits per heavy atom. The predicted molar refractivity (Wildman–Crippen MR) is 45.3 cm³/mol. The van der Waals surface area contributed by atoms with E-state index >= 15 is 0 Å². The highest BCUT2D eigenvalue weighted by Gasteiger charge is 2.29. The Hall–Kier alpha value is -0.910. The first-order valence-corrected chi connectivity index (χ1v) is 4.17. The van der Waals surface area contributed by atoms with E-state index in [2.05, 4.69) is 23.3 Å². The van der Waals surface area contributed by atoms with Gasteiger partial charge in [0.2, 0.25) is 0 Å². The molecule has 0 unspecified atom stereocenters. The van der Waals surface area contributed by atoms with Gasteiger partial charge in [0.15, 0.2) is 0 Å². The van der Waals surface area contributed by atoms with Crippen molar-refractivity contribution in [2.45, 2.75) is 18.5 Å². The Bertz CT molecular complexity index is 209. The molecule has 5 nitrogen and oxygen atoms in total. The topological polar surface area (TPSA) is 78.4 Å². The van der Waals surface area contributed by atoms with Crippen molar-refractivity contribution in [1.82, 2.24) is 10.6 Å². The fourth-order valence-corrected chi connectivity index (χ4v) is 1.31. The zero-order valence-electron chi connectivity index (χ0n) is 6.28. The van der Waals surface area contributed by atoms with Crippen LogP contribution in [0.25, 0.3) is 0 Å². The summed E-state index contributed by atoms with van der Waals surface area (Å²) < 4.78 is 0. The van der Waals surface area contributed by atoms with Gasteiger partial charge in [-0.25, -0.2) is 9.59 Å². The molecule has 3 N–H and O–H groups in total. The molecule has 1 rings (SSSR count). The third-order valence-electron chi connectivity index (χ3n) is 1.68. The molecule has 1 heterocycles. The fraction of sp³-hybridized carbons (Fsp3) is 0.667. The second-order valence-corrected chi connectivity index (χ2v) is 2.99. The van der Waals surface area contributed by atoms with Crippen LogP contribution in [0, 0.1) is 0 Å². The van der Waals surface area contributed by atoms with E-state index in [1.807, 2.05) is 0 Å². The summed E-state index contributed by atoms with van der Waals surface area (Å²) in [4.78, 5) is 21.3. The molecule has 6 heteroatoms. The van der Waals surface area contributed by atoms with Gasteiger partial charge in [-0.05, 0) is 6.42 Å². The van der Waals surface area contributed by atoms with E-state index in [0.717, 1.165) is 0 Å². The summed E-state index contributed by atoms with van der Waals surface area (Å²) in [5.41, 5.74) is 0. The van der Waals surface area contributed by atoms with Crippen molar-refractivity contribution in [2.75, 3.05) is 5.75 Å². The highest BCUT2D eigenvalue weighted by atomic mass is 32.1. The van der Waals surface area contributed by atoms with Gasteiger partial charge >= 0.3 is 12.0 Å². The first-order valence-electron chi connectivity index (χ1n) is 3.54. The average Bonchev–Trinajstić information content (AvgIpc) is 2.03. The lowest BCUT2D eigenvalue weighted by molar-refractivity contribution is -0.139. The van der Waals surface area contributed by atoms with Gasteiger partial charge in [0.1, 0.15) is 6.04 Å². The molecule has 0 aromatic rings. The molecule has 1 aliphatic rings. The highest BCUT2D eigenvalue weighted by molar-refractivity contribution is 7.80. The third kappa shape index (κ3) is 2.04. The molecule has 1 fully saturated rings. The van der Waals surface area contributed by atoms with Crippen molar-refractivity contribution >= 4 is 24.6 Å². The van der Waals surface area contributed by atoms with Crippen LogP contribution in [0.15, 0.2) is 0 Å². The number of carbonyl (C=O) groups excluding carboxylic acids is 1. The van der Waals surface area contributed by atoms with E-state index in [1.165, 1.54) is 0 Å². The number of urea groups is 1. The smallest absolute Gasteiger partial charge is 0.326 e. The fourth-order valence-electron chi connectivity index (χ4n) is 1.07. The van der Waals surface area contributed by atoms with Crippen molar-refractivity contribution < 1.29 is 14.7 Å². The maximum Gasteiger partial charge on any atom is 0.326 e. The second kappa shape index (κ2) is 3.66. The molecule has 2 atom stereocenters. The molecule has 1 aliphatic heterocycles. The molecule has 68 valence electrons. The number of carboxylic acid groups (broad SMARTS) is 1. The molecule has 1 saturated heterocycles. The van der Waals surface area contributed by atoms with Gasteiger partial charge < -0.3 is 15.7 Å². The molecule has 0 aromatic carbocycles. The van der Waals surface area contributed by atoms with Crippen LogP contribution < -0.4 is 10.6 Å². The number of hydrogen-bond acceptors (Lipinski definition) is 3. The van der Waals surface area contributed by atoms with Crippen LogP contribution in [0.1, 0.15) is 6.42 Å². The minimum Gasteiger partial charge on any atom is -0.480 e. The van der Waals surface area contributed by atoms with Gasteiger partial charge in [-0.3, -0.25) is 0 Å². The van der Waals surface area contributed by atoms with Gasteiger partial charge in [-0.2, -0.15) is 12.6 Å². The number of carbonyl (C=O) groups is 2. The summed E-state index contributed by atoms with van der Waals surface area (Å²) >= 11 is 3.98. The van der Waals surface area contributed by atoms with Crippen molar-refractivity contribution in [3.63, 3.8) is 0 Å². The largest absolute Gasteiger partial charge is 0.480 e. The first-order chi connectivity index (χ1) is 5.63. The molecule has 0 bridgehead atoms. The Kier molecular flexibility index (Phi) is 2.80. The van der Waals surface area contributed by atoms with E-state index in [4.69, 9.17) is 5.11 Å². The summed E-state index contributed by atoms with van der Waals surface area (Å²) in [5, 5.41) is 13.5. The summed E-state index contributed by atoms with van der Waals surface area (Å²) in [6, 6.07) is -1.37. The minimum atomic E-state index is -1.00. The maximum atomic E-state index is 10.8. The number of amides is 2. The van der Waals surface area contributed by atoms with Crippen molar-refractivity contribution in [1.29, 1.82) is 0 Å². The number of thiol groups is 1.